The highest BCUT2D eigenvalue weighted by atomic mass is 79.9. The Hall–Kier alpha value is -0.460. The number of hydrogen-bond acceptors (Lipinski definition) is 3. The van der Waals surface area contributed by atoms with Crippen molar-refractivity contribution in [2.45, 2.75) is 10.3 Å². The number of aliphatic hydroxyl groups is 1. The average Bonchev–Trinajstić information content (AvgIpc) is 2.15. The Morgan fingerprint density at radius 3 is 2.20 bits per heavy atom. The number of sulfone groups is 1. The van der Waals surface area contributed by atoms with E-state index in [2.05, 4.69) is 15.9 Å². The van der Waals surface area contributed by atoms with E-state index in [4.69, 9.17) is 0 Å². The number of hydrogen-bond donors (Lipinski definition) is 1. The van der Waals surface area contributed by atoms with Gasteiger partial charge in [0.2, 0.25) is 0 Å². The molecule has 0 aliphatic rings. The number of aliphatic hydroxyl groups excluding tert-OH is 1. The van der Waals surface area contributed by atoms with Crippen LogP contribution < -0.4 is 0 Å². The van der Waals surface area contributed by atoms with Gasteiger partial charge < -0.3 is 5.11 Å². The summed E-state index contributed by atoms with van der Waals surface area (Å²) in [6, 6.07) is 5.03. The van der Waals surface area contributed by atoms with Crippen molar-refractivity contribution in [2.75, 3.05) is 6.26 Å². The molecule has 3 nitrogen and oxygen atoms in total. The van der Waals surface area contributed by atoms with Crippen molar-refractivity contribution in [3.8, 4) is 0 Å². The molecule has 0 fully saturated rings. The normalized spacial score (nSPS) is 16.0. The highest BCUT2D eigenvalue weighted by Gasteiger charge is 2.27. The first-order valence-electron chi connectivity index (χ1n) is 4.09. The van der Waals surface area contributed by atoms with Gasteiger partial charge in [-0.3, -0.25) is 0 Å². The van der Waals surface area contributed by atoms with E-state index in [1.54, 1.807) is 0 Å². The van der Waals surface area contributed by atoms with E-state index in [1.807, 2.05) is 0 Å². The zero-order valence-corrected chi connectivity index (χ0v) is 10.3. The zero-order valence-electron chi connectivity index (χ0n) is 7.89. The van der Waals surface area contributed by atoms with Gasteiger partial charge in [0, 0.05) is 6.26 Å². The molecule has 2 atom stereocenters. The second-order valence-corrected chi connectivity index (χ2v) is 6.94. The molecule has 0 aliphatic heterocycles. The second kappa shape index (κ2) is 4.59. The van der Waals surface area contributed by atoms with E-state index in [1.165, 1.54) is 24.3 Å². The number of rotatable bonds is 3. The van der Waals surface area contributed by atoms with E-state index in [0.29, 0.717) is 5.56 Å². The van der Waals surface area contributed by atoms with E-state index >= 15 is 0 Å². The van der Waals surface area contributed by atoms with Crippen LogP contribution in [0.25, 0.3) is 0 Å². The summed E-state index contributed by atoms with van der Waals surface area (Å²) >= 11 is 2.89. The highest BCUT2D eigenvalue weighted by molar-refractivity contribution is 9.11. The lowest BCUT2D eigenvalue weighted by Gasteiger charge is -2.15. The van der Waals surface area contributed by atoms with Crippen LogP contribution in [0.4, 0.5) is 4.39 Å². The molecule has 0 unspecified atom stereocenters. The molecule has 0 radical (unpaired) electrons. The summed E-state index contributed by atoms with van der Waals surface area (Å²) in [5.41, 5.74) is 0.351. The monoisotopic (exact) mass is 296 g/mol. The van der Waals surface area contributed by atoms with Crippen molar-refractivity contribution in [1.82, 2.24) is 0 Å². The lowest BCUT2D eigenvalue weighted by Crippen LogP contribution is -2.21. The standard InChI is InChI=1S/C9H10BrFO3S/c1-15(13,14)9(10)8(12)6-2-4-7(11)5-3-6/h2-5,8-9,12H,1H3/t8-,9+/m1/s1. The topological polar surface area (TPSA) is 54.4 Å². The van der Waals surface area contributed by atoms with Gasteiger partial charge in [-0.15, -0.1) is 0 Å². The molecule has 1 rings (SSSR count). The first kappa shape index (κ1) is 12.6. The van der Waals surface area contributed by atoms with Crippen LogP contribution in [-0.4, -0.2) is 23.9 Å². The van der Waals surface area contributed by atoms with Crippen LogP contribution in [0.2, 0.25) is 0 Å². The minimum absolute atomic E-state index is 0.351. The van der Waals surface area contributed by atoms with Crippen LogP contribution >= 0.6 is 15.9 Å². The van der Waals surface area contributed by atoms with Gasteiger partial charge in [0.1, 0.15) is 16.1 Å². The van der Waals surface area contributed by atoms with Gasteiger partial charge >= 0.3 is 0 Å². The maximum atomic E-state index is 12.6. The van der Waals surface area contributed by atoms with Crippen molar-refractivity contribution < 1.29 is 17.9 Å². The smallest absolute Gasteiger partial charge is 0.163 e. The van der Waals surface area contributed by atoms with Crippen LogP contribution in [0.1, 0.15) is 11.7 Å². The fourth-order valence-electron chi connectivity index (χ4n) is 1.05. The third-order valence-corrected chi connectivity index (χ3v) is 5.48. The van der Waals surface area contributed by atoms with Crippen molar-refractivity contribution >= 4 is 25.8 Å². The van der Waals surface area contributed by atoms with E-state index in [9.17, 15) is 17.9 Å². The van der Waals surface area contributed by atoms with Crippen molar-refractivity contribution in [3.05, 3.63) is 35.6 Å². The van der Waals surface area contributed by atoms with Crippen LogP contribution in [0, 0.1) is 5.82 Å². The third-order valence-electron chi connectivity index (χ3n) is 1.87. The van der Waals surface area contributed by atoms with Crippen LogP contribution in [0.3, 0.4) is 0 Å². The molecular formula is C9H10BrFO3S. The minimum atomic E-state index is -3.39. The fraction of sp³-hybridized carbons (Fsp3) is 0.333. The largest absolute Gasteiger partial charge is 0.386 e. The first-order chi connectivity index (χ1) is 6.82. The molecule has 0 saturated carbocycles. The molecule has 6 heteroatoms. The third kappa shape index (κ3) is 3.25. The highest BCUT2D eigenvalue weighted by Crippen LogP contribution is 2.26. The Balaban J connectivity index is 2.95. The average molecular weight is 297 g/mol. The summed E-state index contributed by atoms with van der Waals surface area (Å²) in [5.74, 6) is -0.434. The lowest BCUT2D eigenvalue weighted by molar-refractivity contribution is 0.195. The van der Waals surface area contributed by atoms with Crippen LogP contribution in [0.15, 0.2) is 24.3 Å². The molecule has 0 amide bonds. The molecule has 0 spiro atoms. The Kier molecular flexibility index (Phi) is 3.86. The van der Waals surface area contributed by atoms with E-state index in [0.717, 1.165) is 6.26 Å². The summed E-state index contributed by atoms with van der Waals surface area (Å²) in [5, 5.41) is 9.67. The molecule has 0 bridgehead atoms. The van der Waals surface area contributed by atoms with Gasteiger partial charge in [-0.2, -0.15) is 0 Å². The van der Waals surface area contributed by atoms with Gasteiger partial charge in [-0.1, -0.05) is 28.1 Å². The lowest BCUT2D eigenvalue weighted by atomic mass is 10.1. The molecular weight excluding hydrogens is 287 g/mol. The van der Waals surface area contributed by atoms with Gasteiger partial charge in [0.05, 0.1) is 0 Å². The molecule has 0 heterocycles. The fourth-order valence-corrected chi connectivity index (χ4v) is 1.98. The Morgan fingerprint density at radius 1 is 1.33 bits per heavy atom. The number of halogens is 2. The summed E-state index contributed by atoms with van der Waals surface area (Å²) < 4.78 is 33.7. The zero-order chi connectivity index (χ0) is 11.6. The maximum absolute atomic E-state index is 12.6. The second-order valence-electron chi connectivity index (χ2n) is 3.18. The summed E-state index contributed by atoms with van der Waals surface area (Å²) in [6.45, 7) is 0. The summed E-state index contributed by atoms with van der Waals surface area (Å²) in [6.07, 6.45) is -0.195. The molecule has 0 aliphatic carbocycles. The Bertz CT molecular complexity index is 429. The molecule has 15 heavy (non-hydrogen) atoms. The molecule has 1 aromatic carbocycles. The molecule has 1 aromatic rings. The summed E-state index contributed by atoms with van der Waals surface area (Å²) in [7, 11) is -3.39. The minimum Gasteiger partial charge on any atom is -0.386 e. The van der Waals surface area contributed by atoms with Gasteiger partial charge in [0.15, 0.2) is 9.84 Å². The molecule has 84 valence electrons. The SMILES string of the molecule is CS(=O)(=O)[C@H](Br)[C@H](O)c1ccc(F)cc1. The van der Waals surface area contributed by atoms with E-state index in [-0.39, 0.29) is 0 Å². The number of benzene rings is 1. The van der Waals surface area contributed by atoms with Gasteiger partial charge in [-0.25, -0.2) is 12.8 Å². The maximum Gasteiger partial charge on any atom is 0.163 e. The van der Waals surface area contributed by atoms with Crippen molar-refractivity contribution in [3.63, 3.8) is 0 Å². The molecule has 0 saturated heterocycles. The predicted octanol–water partition coefficient (Wildman–Crippen LogP) is 1.62. The summed E-state index contributed by atoms with van der Waals surface area (Å²) in [4.78, 5) is 0. The number of alkyl halides is 1. The van der Waals surface area contributed by atoms with Crippen molar-refractivity contribution in [1.29, 1.82) is 0 Å². The molecule has 0 aromatic heterocycles. The first-order valence-corrected chi connectivity index (χ1v) is 6.96. The predicted molar refractivity (Wildman–Crippen MR) is 58.9 cm³/mol. The molecule has 1 N–H and O–H groups in total. The van der Waals surface area contributed by atoms with Crippen LogP contribution in [-0.2, 0) is 9.84 Å². The van der Waals surface area contributed by atoms with Crippen molar-refractivity contribution in [2.24, 2.45) is 0 Å². The Labute approximate surface area is 96.0 Å². The van der Waals surface area contributed by atoms with Crippen LogP contribution in [0.5, 0.6) is 0 Å². The van der Waals surface area contributed by atoms with Gasteiger partial charge in [0.25, 0.3) is 0 Å². The van der Waals surface area contributed by atoms with E-state index < -0.39 is 25.9 Å². The van der Waals surface area contributed by atoms with Gasteiger partial charge in [-0.05, 0) is 17.7 Å². The Morgan fingerprint density at radius 2 is 1.80 bits per heavy atom. The quantitative estimate of drug-likeness (QED) is 0.863.